The second-order valence-electron chi connectivity index (χ2n) is 8.10. The topological polar surface area (TPSA) is 57.8 Å². The fourth-order valence-corrected chi connectivity index (χ4v) is 4.43. The van der Waals surface area contributed by atoms with E-state index in [-0.39, 0.29) is 5.91 Å². The molecule has 0 aliphatic carbocycles. The van der Waals surface area contributed by atoms with Crippen LogP contribution in [0, 0.1) is 20.8 Å². The average Bonchev–Trinajstić information content (AvgIpc) is 3.21. The number of rotatable bonds is 7. The van der Waals surface area contributed by atoms with Crippen LogP contribution in [0.4, 0.5) is 5.69 Å². The molecule has 0 radical (unpaired) electrons. The van der Waals surface area contributed by atoms with Crippen LogP contribution in [0.5, 0.6) is 0 Å². The molecule has 0 spiro atoms. The third kappa shape index (κ3) is 5.86. The zero-order chi connectivity index (χ0) is 23.4. The fourth-order valence-electron chi connectivity index (χ4n) is 3.45. The first-order valence-electron chi connectivity index (χ1n) is 10.8. The number of hydrogen-bond acceptors (Lipinski definition) is 3. The minimum absolute atomic E-state index is 0.0445. The lowest BCUT2D eigenvalue weighted by atomic mass is 10.0. The van der Waals surface area contributed by atoms with Crippen LogP contribution in [-0.4, -0.2) is 21.6 Å². The van der Waals surface area contributed by atoms with Crippen LogP contribution >= 0.6 is 23.4 Å². The number of benzene rings is 3. The summed E-state index contributed by atoms with van der Waals surface area (Å²) >= 11 is 7.60. The molecule has 0 bridgehead atoms. The monoisotopic (exact) mass is 475 g/mol. The molecule has 0 aliphatic heterocycles. The summed E-state index contributed by atoms with van der Waals surface area (Å²) in [6, 6.07) is 22.3. The minimum atomic E-state index is -0.0445. The quantitative estimate of drug-likeness (QED) is 0.273. The Balaban J connectivity index is 1.49. The van der Waals surface area contributed by atoms with Crippen LogP contribution in [0.2, 0.25) is 5.02 Å². The Morgan fingerprint density at radius 3 is 2.24 bits per heavy atom. The lowest BCUT2D eigenvalue weighted by Gasteiger charge is -2.08. The van der Waals surface area contributed by atoms with Gasteiger partial charge in [0.25, 0.3) is 0 Å². The maximum absolute atomic E-state index is 12.4. The number of nitrogens with one attached hydrogen (secondary N) is 2. The van der Waals surface area contributed by atoms with Crippen molar-refractivity contribution in [3.63, 3.8) is 0 Å². The Bertz CT molecular complexity index is 1200. The molecule has 4 nitrogen and oxygen atoms in total. The molecule has 1 aromatic heterocycles. The highest BCUT2D eigenvalue weighted by Crippen LogP contribution is 2.33. The Kier molecular flexibility index (Phi) is 7.21. The van der Waals surface area contributed by atoms with E-state index in [9.17, 15) is 4.79 Å². The summed E-state index contributed by atoms with van der Waals surface area (Å²) in [4.78, 5) is 20.8. The zero-order valence-corrected chi connectivity index (χ0v) is 20.5. The fraction of sp³-hybridized carbons (Fsp3) is 0.185. The molecule has 3 aromatic carbocycles. The summed E-state index contributed by atoms with van der Waals surface area (Å²) in [7, 11) is 0. The largest absolute Gasteiger partial charge is 0.332 e. The van der Waals surface area contributed by atoms with Crippen LogP contribution < -0.4 is 5.32 Å². The number of hydrogen-bond donors (Lipinski definition) is 2. The molecule has 4 rings (SSSR count). The van der Waals surface area contributed by atoms with Gasteiger partial charge in [0.05, 0.1) is 11.4 Å². The summed E-state index contributed by atoms with van der Waals surface area (Å²) in [5.41, 5.74) is 8.21. The molecule has 0 atom stereocenters. The van der Waals surface area contributed by atoms with E-state index < -0.39 is 0 Å². The van der Waals surface area contributed by atoms with E-state index in [2.05, 4.69) is 72.7 Å². The van der Waals surface area contributed by atoms with Crippen LogP contribution in [-0.2, 0) is 4.79 Å². The summed E-state index contributed by atoms with van der Waals surface area (Å²) in [5.74, 6) is 0.566. The molecule has 1 heterocycles. The molecule has 1 amide bonds. The van der Waals surface area contributed by atoms with Crippen molar-refractivity contribution in [3.05, 3.63) is 88.4 Å². The van der Waals surface area contributed by atoms with Crippen molar-refractivity contribution in [1.29, 1.82) is 0 Å². The van der Waals surface area contributed by atoms with Gasteiger partial charge in [-0.15, -0.1) is 0 Å². The van der Waals surface area contributed by atoms with E-state index in [1.165, 1.54) is 11.1 Å². The van der Waals surface area contributed by atoms with E-state index in [4.69, 9.17) is 16.6 Å². The van der Waals surface area contributed by atoms with Gasteiger partial charge in [0.15, 0.2) is 5.16 Å². The van der Waals surface area contributed by atoms with E-state index in [0.717, 1.165) is 38.9 Å². The standard InChI is InChI=1S/C27H26ClN3OS/c1-17-4-9-20(10-5-17)25-26(21-11-6-18(2)7-12-21)31-27(30-25)33-15-14-24(32)29-23-16-22(28)13-8-19(23)3/h4-13,16H,14-15H2,1-3H3,(H,29,32)(H,30,31). The molecule has 2 N–H and O–H groups in total. The number of amides is 1. The maximum Gasteiger partial charge on any atom is 0.225 e. The van der Waals surface area contributed by atoms with Crippen molar-refractivity contribution >= 4 is 35.0 Å². The van der Waals surface area contributed by atoms with E-state index in [1.807, 2.05) is 19.1 Å². The Morgan fingerprint density at radius 1 is 0.939 bits per heavy atom. The summed E-state index contributed by atoms with van der Waals surface area (Å²) in [6.07, 6.45) is 0.372. The van der Waals surface area contributed by atoms with Crippen LogP contribution in [0.25, 0.3) is 22.5 Å². The second kappa shape index (κ2) is 10.3. The molecule has 0 aliphatic rings. The van der Waals surface area contributed by atoms with Gasteiger partial charge in [-0.05, 0) is 38.5 Å². The molecule has 0 fully saturated rings. The van der Waals surface area contributed by atoms with Crippen LogP contribution in [0.15, 0.2) is 71.9 Å². The average molecular weight is 476 g/mol. The molecule has 4 aromatic rings. The molecule has 168 valence electrons. The number of anilines is 1. The van der Waals surface area contributed by atoms with Crippen LogP contribution in [0.3, 0.4) is 0 Å². The number of carbonyl (C=O) groups excluding carboxylic acids is 1. The number of halogens is 1. The number of aryl methyl sites for hydroxylation is 3. The van der Waals surface area contributed by atoms with Gasteiger partial charge < -0.3 is 10.3 Å². The predicted molar refractivity (Wildman–Crippen MR) is 139 cm³/mol. The van der Waals surface area contributed by atoms with Crippen molar-refractivity contribution in [2.75, 3.05) is 11.1 Å². The summed E-state index contributed by atoms with van der Waals surface area (Å²) in [6.45, 7) is 6.10. The van der Waals surface area contributed by atoms with Crippen molar-refractivity contribution < 1.29 is 4.79 Å². The molecule has 33 heavy (non-hydrogen) atoms. The van der Waals surface area contributed by atoms with Gasteiger partial charge in [-0.25, -0.2) is 4.98 Å². The first kappa shape index (κ1) is 23.1. The molecule has 6 heteroatoms. The molecular formula is C27H26ClN3OS. The smallest absolute Gasteiger partial charge is 0.225 e. The highest BCUT2D eigenvalue weighted by atomic mass is 35.5. The van der Waals surface area contributed by atoms with E-state index >= 15 is 0 Å². The van der Waals surface area contributed by atoms with Gasteiger partial charge in [-0.3, -0.25) is 4.79 Å². The van der Waals surface area contributed by atoms with Gasteiger partial charge in [-0.1, -0.05) is 89.1 Å². The van der Waals surface area contributed by atoms with Gasteiger partial charge in [0, 0.05) is 34.0 Å². The van der Waals surface area contributed by atoms with E-state index in [0.29, 0.717) is 17.2 Å². The summed E-state index contributed by atoms with van der Waals surface area (Å²) in [5, 5.41) is 4.35. The lowest BCUT2D eigenvalue weighted by Crippen LogP contribution is -2.13. The van der Waals surface area contributed by atoms with Gasteiger partial charge >= 0.3 is 0 Å². The number of imidazole rings is 1. The third-order valence-electron chi connectivity index (χ3n) is 5.39. The van der Waals surface area contributed by atoms with Gasteiger partial charge in [-0.2, -0.15) is 0 Å². The highest BCUT2D eigenvalue weighted by Gasteiger charge is 2.15. The minimum Gasteiger partial charge on any atom is -0.332 e. The maximum atomic E-state index is 12.4. The van der Waals surface area contributed by atoms with E-state index in [1.54, 1.807) is 17.8 Å². The van der Waals surface area contributed by atoms with Gasteiger partial charge in [0.2, 0.25) is 5.91 Å². The Hall–Kier alpha value is -3.02. The molecule has 0 unspecified atom stereocenters. The zero-order valence-electron chi connectivity index (χ0n) is 18.9. The van der Waals surface area contributed by atoms with Crippen molar-refractivity contribution in [2.24, 2.45) is 0 Å². The van der Waals surface area contributed by atoms with Crippen molar-refractivity contribution in [3.8, 4) is 22.5 Å². The molecular weight excluding hydrogens is 450 g/mol. The third-order valence-corrected chi connectivity index (χ3v) is 6.50. The first-order chi connectivity index (χ1) is 15.9. The lowest BCUT2D eigenvalue weighted by molar-refractivity contribution is -0.115. The Labute approximate surface area is 203 Å². The van der Waals surface area contributed by atoms with Crippen LogP contribution in [0.1, 0.15) is 23.1 Å². The normalized spacial score (nSPS) is 10.9. The SMILES string of the molecule is Cc1ccc(-c2nc(SCCC(=O)Nc3cc(Cl)ccc3C)[nH]c2-c2ccc(C)cc2)cc1. The first-order valence-corrected chi connectivity index (χ1v) is 12.2. The molecule has 0 saturated carbocycles. The van der Waals surface area contributed by atoms with Crippen molar-refractivity contribution in [2.45, 2.75) is 32.3 Å². The molecule has 0 saturated heterocycles. The second-order valence-corrected chi connectivity index (χ2v) is 9.62. The number of H-pyrrole nitrogens is 1. The summed E-state index contributed by atoms with van der Waals surface area (Å²) < 4.78 is 0. The highest BCUT2D eigenvalue weighted by molar-refractivity contribution is 7.99. The number of aromatic amines is 1. The number of thioether (sulfide) groups is 1. The van der Waals surface area contributed by atoms with Crippen molar-refractivity contribution in [1.82, 2.24) is 9.97 Å². The number of carbonyl (C=O) groups is 1. The predicted octanol–water partition coefficient (Wildman–Crippen LogP) is 7.44. The van der Waals surface area contributed by atoms with Gasteiger partial charge in [0.1, 0.15) is 0 Å². The number of nitrogens with zero attached hydrogens (tertiary/aromatic N) is 1. The number of aromatic nitrogens is 2. The Morgan fingerprint density at radius 2 is 1.58 bits per heavy atom.